The van der Waals surface area contributed by atoms with Gasteiger partial charge in [0, 0.05) is 5.75 Å². The highest BCUT2D eigenvalue weighted by molar-refractivity contribution is 7.82. The summed E-state index contributed by atoms with van der Waals surface area (Å²) in [6.45, 7) is 0. The molecule has 0 aromatic heterocycles. The van der Waals surface area contributed by atoms with Crippen LogP contribution < -0.4 is 0 Å². The van der Waals surface area contributed by atoms with Gasteiger partial charge in [-0.25, -0.2) is 0 Å². The molecule has 1 radical (unpaired) electrons. The minimum Gasteiger partial charge on any atom is -0.170 e. The second kappa shape index (κ2) is 3.51. The smallest absolute Gasteiger partial charge is 0.0595 e. The molecule has 0 aliphatic carbocycles. The zero-order valence-electron chi connectivity index (χ0n) is 5.01. The molecule has 0 spiro atoms. The van der Waals surface area contributed by atoms with Crippen LogP contribution in [0.5, 0.6) is 0 Å². The Labute approximate surface area is 75.6 Å². The van der Waals surface area contributed by atoms with Crippen molar-refractivity contribution >= 4 is 35.8 Å². The van der Waals surface area contributed by atoms with Crippen LogP contribution in [0.4, 0.5) is 0 Å². The minimum absolute atomic E-state index is 0.560. The number of benzene rings is 1. The van der Waals surface area contributed by atoms with Crippen molar-refractivity contribution in [3.63, 3.8) is 0 Å². The van der Waals surface area contributed by atoms with Crippen LogP contribution in [0.3, 0.4) is 0 Å². The van der Waals surface area contributed by atoms with Crippen LogP contribution in [0, 0.1) is 5.75 Å². The van der Waals surface area contributed by atoms with Gasteiger partial charge in [0.25, 0.3) is 0 Å². The van der Waals surface area contributed by atoms with Crippen LogP contribution in [-0.2, 0) is 0 Å². The van der Waals surface area contributed by atoms with Crippen LogP contribution in [0.25, 0.3) is 0 Å². The predicted molar refractivity (Wildman–Crippen MR) is 48.9 cm³/mol. The summed E-state index contributed by atoms with van der Waals surface area (Å²) < 4.78 is 0. The Balaban J connectivity index is 3.04. The van der Waals surface area contributed by atoms with Gasteiger partial charge in [0.05, 0.1) is 10.0 Å². The van der Waals surface area contributed by atoms with Gasteiger partial charge in [0.2, 0.25) is 0 Å². The van der Waals surface area contributed by atoms with E-state index in [1.54, 1.807) is 17.9 Å². The summed E-state index contributed by atoms with van der Waals surface area (Å²) in [6.07, 6.45) is 0. The standard InChI is InChI=1S/C7H5Cl2S/c8-6-2-1-5(4-10)3-7(6)9/h1-4,10H. The normalized spacial score (nSPS) is 9.90. The summed E-state index contributed by atoms with van der Waals surface area (Å²) in [5.74, 6) is 1.67. The molecule has 10 heavy (non-hydrogen) atoms. The average Bonchev–Trinajstić information content (AvgIpc) is 1.95. The number of hydrogen-bond donors (Lipinski definition) is 1. The summed E-state index contributed by atoms with van der Waals surface area (Å²) in [5, 5.41) is 1.13. The molecule has 1 rings (SSSR count). The van der Waals surface area contributed by atoms with Crippen molar-refractivity contribution in [1.82, 2.24) is 0 Å². The lowest BCUT2D eigenvalue weighted by atomic mass is 10.2. The summed E-state index contributed by atoms with van der Waals surface area (Å²) in [4.78, 5) is 0. The molecule has 1 aromatic rings. The highest BCUT2D eigenvalue weighted by Gasteiger charge is 1.96. The summed E-state index contributed by atoms with van der Waals surface area (Å²) in [7, 11) is 0. The largest absolute Gasteiger partial charge is 0.170 e. The van der Waals surface area contributed by atoms with Crippen molar-refractivity contribution in [3.05, 3.63) is 39.6 Å². The van der Waals surface area contributed by atoms with Crippen molar-refractivity contribution in [2.45, 2.75) is 0 Å². The fourth-order valence-electron chi connectivity index (χ4n) is 0.593. The topological polar surface area (TPSA) is 0 Å². The first kappa shape index (κ1) is 8.25. The molecule has 53 valence electrons. The van der Waals surface area contributed by atoms with Crippen LogP contribution >= 0.6 is 35.8 Å². The molecule has 0 bridgehead atoms. The lowest BCUT2D eigenvalue weighted by Crippen LogP contribution is -1.74. The van der Waals surface area contributed by atoms with E-state index in [1.165, 1.54) is 0 Å². The number of rotatable bonds is 1. The third-order valence-corrected chi connectivity index (χ3v) is 2.13. The van der Waals surface area contributed by atoms with Crippen molar-refractivity contribution in [2.75, 3.05) is 0 Å². The van der Waals surface area contributed by atoms with Gasteiger partial charge >= 0.3 is 0 Å². The third kappa shape index (κ3) is 1.82. The fourth-order valence-corrected chi connectivity index (χ4v) is 1.06. The molecule has 0 saturated heterocycles. The van der Waals surface area contributed by atoms with Gasteiger partial charge in [-0.1, -0.05) is 29.3 Å². The Morgan fingerprint density at radius 3 is 2.40 bits per heavy atom. The van der Waals surface area contributed by atoms with Crippen molar-refractivity contribution in [3.8, 4) is 0 Å². The monoisotopic (exact) mass is 191 g/mol. The van der Waals surface area contributed by atoms with Crippen LogP contribution in [0.1, 0.15) is 5.56 Å². The van der Waals surface area contributed by atoms with E-state index >= 15 is 0 Å². The van der Waals surface area contributed by atoms with E-state index in [2.05, 4.69) is 12.6 Å². The number of thiol groups is 1. The third-order valence-electron chi connectivity index (χ3n) is 1.09. The molecular weight excluding hydrogens is 187 g/mol. The second-order valence-electron chi connectivity index (χ2n) is 1.80. The van der Waals surface area contributed by atoms with E-state index < -0.39 is 0 Å². The summed E-state index contributed by atoms with van der Waals surface area (Å²) in [5.41, 5.74) is 0.956. The fraction of sp³-hybridized carbons (Fsp3) is 0. The molecule has 0 fully saturated rings. The van der Waals surface area contributed by atoms with Gasteiger partial charge in [-0.2, -0.15) is 12.6 Å². The Morgan fingerprint density at radius 1 is 1.20 bits per heavy atom. The maximum Gasteiger partial charge on any atom is 0.0595 e. The molecule has 0 atom stereocenters. The van der Waals surface area contributed by atoms with Gasteiger partial charge in [0.1, 0.15) is 0 Å². The van der Waals surface area contributed by atoms with Crippen molar-refractivity contribution in [2.24, 2.45) is 0 Å². The molecule has 0 aliphatic heterocycles. The van der Waals surface area contributed by atoms with E-state index in [0.717, 1.165) is 5.56 Å². The van der Waals surface area contributed by atoms with Crippen molar-refractivity contribution in [1.29, 1.82) is 0 Å². The predicted octanol–water partition coefficient (Wildman–Crippen LogP) is 3.43. The first-order chi connectivity index (χ1) is 4.74. The van der Waals surface area contributed by atoms with Crippen molar-refractivity contribution < 1.29 is 0 Å². The molecule has 0 nitrogen and oxygen atoms in total. The van der Waals surface area contributed by atoms with Gasteiger partial charge in [0.15, 0.2) is 0 Å². The first-order valence-corrected chi connectivity index (χ1v) is 3.94. The van der Waals surface area contributed by atoms with E-state index in [0.29, 0.717) is 10.0 Å². The highest BCUT2D eigenvalue weighted by atomic mass is 35.5. The Bertz CT molecular complexity index is 235. The van der Waals surface area contributed by atoms with E-state index in [4.69, 9.17) is 23.2 Å². The molecule has 0 N–H and O–H groups in total. The van der Waals surface area contributed by atoms with Gasteiger partial charge < -0.3 is 0 Å². The molecule has 0 aliphatic rings. The van der Waals surface area contributed by atoms with Gasteiger partial charge in [-0.05, 0) is 17.7 Å². The van der Waals surface area contributed by atoms with Gasteiger partial charge in [-0.3, -0.25) is 0 Å². The lowest BCUT2D eigenvalue weighted by molar-refractivity contribution is 1.59. The minimum atomic E-state index is 0.560. The molecule has 1 aromatic carbocycles. The molecule has 0 heterocycles. The number of halogens is 2. The molecule has 0 saturated carbocycles. The van der Waals surface area contributed by atoms with E-state index in [9.17, 15) is 0 Å². The van der Waals surface area contributed by atoms with E-state index in [1.807, 2.05) is 6.07 Å². The zero-order chi connectivity index (χ0) is 7.56. The first-order valence-electron chi connectivity index (χ1n) is 2.66. The Kier molecular flexibility index (Phi) is 2.90. The highest BCUT2D eigenvalue weighted by Crippen LogP contribution is 2.23. The molecular formula is C7H5Cl2S. The Hall–Kier alpha value is 0.150. The summed E-state index contributed by atoms with van der Waals surface area (Å²) >= 11 is 15.3. The van der Waals surface area contributed by atoms with E-state index in [-0.39, 0.29) is 0 Å². The number of hydrogen-bond acceptors (Lipinski definition) is 1. The molecule has 0 amide bonds. The van der Waals surface area contributed by atoms with Gasteiger partial charge in [-0.15, -0.1) is 0 Å². The van der Waals surface area contributed by atoms with Crippen LogP contribution in [0.15, 0.2) is 18.2 Å². The van der Waals surface area contributed by atoms with Crippen LogP contribution in [0.2, 0.25) is 10.0 Å². The van der Waals surface area contributed by atoms with Crippen LogP contribution in [-0.4, -0.2) is 0 Å². The summed E-state index contributed by atoms with van der Waals surface area (Å²) in [6, 6.07) is 5.35. The second-order valence-corrected chi connectivity index (χ2v) is 2.88. The molecule has 0 unspecified atom stereocenters. The zero-order valence-corrected chi connectivity index (χ0v) is 7.42. The maximum absolute atomic E-state index is 5.71. The average molecular weight is 192 g/mol. The Morgan fingerprint density at radius 2 is 1.90 bits per heavy atom. The molecule has 3 heteroatoms. The quantitative estimate of drug-likeness (QED) is 0.647. The lowest BCUT2D eigenvalue weighted by Gasteiger charge is -1.97. The SMILES string of the molecule is S[CH]c1ccc(Cl)c(Cl)c1. The maximum atomic E-state index is 5.71.